The first-order valence-corrected chi connectivity index (χ1v) is 3.96. The molecule has 2 aromatic heterocycles. The topological polar surface area (TPSA) is 69.9 Å². The molecular weight excluding hydrogens is 168 g/mol. The lowest BCUT2D eigenvalue weighted by Crippen LogP contribution is -2.07. The van der Waals surface area contributed by atoms with Gasteiger partial charge in [-0.2, -0.15) is 5.10 Å². The molecule has 0 saturated carbocycles. The summed E-state index contributed by atoms with van der Waals surface area (Å²) in [6, 6.07) is -0.0210. The van der Waals surface area contributed by atoms with Crippen LogP contribution in [-0.4, -0.2) is 14.8 Å². The van der Waals surface area contributed by atoms with Gasteiger partial charge in [-0.05, 0) is 6.92 Å². The fraction of sp³-hybridized carbons (Fsp3) is 0.250. The average Bonchev–Trinajstić information content (AvgIpc) is 2.72. The minimum absolute atomic E-state index is 0.0210. The second-order valence-corrected chi connectivity index (χ2v) is 2.80. The van der Waals surface area contributed by atoms with Gasteiger partial charge in [0.05, 0.1) is 18.1 Å². The van der Waals surface area contributed by atoms with Gasteiger partial charge >= 0.3 is 0 Å². The van der Waals surface area contributed by atoms with Crippen LogP contribution in [0.4, 0.5) is 5.69 Å². The van der Waals surface area contributed by atoms with E-state index in [4.69, 9.17) is 10.2 Å². The van der Waals surface area contributed by atoms with E-state index in [1.54, 1.807) is 29.5 Å². The van der Waals surface area contributed by atoms with Gasteiger partial charge < -0.3 is 10.2 Å². The van der Waals surface area contributed by atoms with Crippen LogP contribution in [0.5, 0.6) is 0 Å². The summed E-state index contributed by atoms with van der Waals surface area (Å²) < 4.78 is 6.86. The Labute approximate surface area is 75.2 Å². The maximum absolute atomic E-state index is 5.54. The van der Waals surface area contributed by atoms with Crippen LogP contribution in [0.15, 0.2) is 29.3 Å². The average molecular weight is 178 g/mol. The molecule has 0 amide bonds. The van der Waals surface area contributed by atoms with Gasteiger partial charge in [0.2, 0.25) is 5.89 Å². The molecule has 13 heavy (non-hydrogen) atoms. The monoisotopic (exact) mass is 178 g/mol. The second-order valence-electron chi connectivity index (χ2n) is 2.80. The molecule has 5 nitrogen and oxygen atoms in total. The van der Waals surface area contributed by atoms with Crippen molar-refractivity contribution in [3.05, 3.63) is 30.7 Å². The Bertz CT molecular complexity index is 379. The molecule has 0 aliphatic rings. The van der Waals surface area contributed by atoms with E-state index in [0.717, 1.165) is 0 Å². The summed E-state index contributed by atoms with van der Waals surface area (Å²) in [5, 5.41) is 4.06. The van der Waals surface area contributed by atoms with E-state index in [9.17, 15) is 0 Å². The quantitative estimate of drug-likeness (QED) is 0.746. The number of aromatic nitrogens is 3. The number of hydrogen-bond acceptors (Lipinski definition) is 4. The van der Waals surface area contributed by atoms with Gasteiger partial charge in [-0.1, -0.05) is 0 Å². The molecule has 0 radical (unpaired) electrons. The number of nitrogens with zero attached hydrogens (tertiary/aromatic N) is 3. The third-order valence-electron chi connectivity index (χ3n) is 1.83. The smallest absolute Gasteiger partial charge is 0.218 e. The van der Waals surface area contributed by atoms with Crippen LogP contribution in [0, 0.1) is 0 Å². The van der Waals surface area contributed by atoms with Crippen LogP contribution >= 0.6 is 0 Å². The molecule has 0 fully saturated rings. The molecule has 2 aromatic rings. The standard InChI is InChI=1S/C8H10N4O/c1-6(8-10-2-3-13-8)12-5-7(9)4-11-12/h2-6H,9H2,1H3/t6-/m0/s1. The highest BCUT2D eigenvalue weighted by Crippen LogP contribution is 2.15. The van der Waals surface area contributed by atoms with E-state index < -0.39 is 0 Å². The summed E-state index contributed by atoms with van der Waals surface area (Å²) in [6.45, 7) is 1.94. The third-order valence-corrected chi connectivity index (χ3v) is 1.83. The summed E-state index contributed by atoms with van der Waals surface area (Å²) >= 11 is 0. The minimum atomic E-state index is -0.0210. The molecule has 0 bridgehead atoms. The summed E-state index contributed by atoms with van der Waals surface area (Å²) in [4.78, 5) is 4.03. The largest absolute Gasteiger partial charge is 0.447 e. The molecule has 0 aromatic carbocycles. The van der Waals surface area contributed by atoms with Crippen molar-refractivity contribution in [1.82, 2.24) is 14.8 Å². The molecule has 5 heteroatoms. The zero-order valence-electron chi connectivity index (χ0n) is 7.21. The first kappa shape index (κ1) is 7.85. The highest BCUT2D eigenvalue weighted by atomic mass is 16.3. The van der Waals surface area contributed by atoms with Crippen LogP contribution in [0.1, 0.15) is 18.9 Å². The summed E-state index contributed by atoms with van der Waals surface area (Å²) in [6.07, 6.45) is 6.49. The Balaban J connectivity index is 2.28. The number of rotatable bonds is 2. The number of oxazole rings is 1. The lowest BCUT2D eigenvalue weighted by molar-refractivity contribution is 0.410. The summed E-state index contributed by atoms with van der Waals surface area (Å²) in [5.41, 5.74) is 6.17. The highest BCUT2D eigenvalue weighted by molar-refractivity contribution is 5.30. The lowest BCUT2D eigenvalue weighted by atomic mass is 10.3. The van der Waals surface area contributed by atoms with E-state index in [2.05, 4.69) is 10.1 Å². The van der Waals surface area contributed by atoms with Crippen molar-refractivity contribution < 1.29 is 4.42 Å². The van der Waals surface area contributed by atoms with Crippen molar-refractivity contribution in [3.63, 3.8) is 0 Å². The van der Waals surface area contributed by atoms with Crippen LogP contribution in [-0.2, 0) is 0 Å². The van der Waals surface area contributed by atoms with E-state index in [-0.39, 0.29) is 6.04 Å². The van der Waals surface area contributed by atoms with E-state index in [1.807, 2.05) is 6.92 Å². The maximum Gasteiger partial charge on any atom is 0.218 e. The highest BCUT2D eigenvalue weighted by Gasteiger charge is 2.12. The Hall–Kier alpha value is -1.78. The van der Waals surface area contributed by atoms with Crippen LogP contribution in [0.2, 0.25) is 0 Å². The second kappa shape index (κ2) is 2.93. The van der Waals surface area contributed by atoms with E-state index in [1.165, 1.54) is 0 Å². The molecule has 0 spiro atoms. The Morgan fingerprint density at radius 3 is 3.00 bits per heavy atom. The molecule has 2 N–H and O–H groups in total. The fourth-order valence-corrected chi connectivity index (χ4v) is 1.12. The number of anilines is 1. The zero-order valence-corrected chi connectivity index (χ0v) is 7.21. The SMILES string of the molecule is C[C@@H](c1ncco1)n1cc(N)cn1. The van der Waals surface area contributed by atoms with Crippen LogP contribution in [0.25, 0.3) is 0 Å². The molecule has 0 aliphatic heterocycles. The first-order valence-electron chi connectivity index (χ1n) is 3.96. The van der Waals surface area contributed by atoms with Crippen molar-refractivity contribution in [1.29, 1.82) is 0 Å². The molecule has 0 unspecified atom stereocenters. The van der Waals surface area contributed by atoms with Crippen molar-refractivity contribution in [2.45, 2.75) is 13.0 Å². The maximum atomic E-state index is 5.54. The van der Waals surface area contributed by atoms with Crippen molar-refractivity contribution >= 4 is 5.69 Å². The van der Waals surface area contributed by atoms with Gasteiger partial charge in [-0.15, -0.1) is 0 Å². The molecular formula is C8H10N4O. The van der Waals surface area contributed by atoms with Gasteiger partial charge in [0.15, 0.2) is 0 Å². The molecule has 1 atom stereocenters. The van der Waals surface area contributed by atoms with E-state index >= 15 is 0 Å². The predicted octanol–water partition coefficient (Wildman–Crippen LogP) is 1.06. The van der Waals surface area contributed by atoms with Crippen LogP contribution in [0.3, 0.4) is 0 Å². The van der Waals surface area contributed by atoms with Gasteiger partial charge in [-0.3, -0.25) is 4.68 Å². The normalized spacial score (nSPS) is 13.0. The lowest BCUT2D eigenvalue weighted by Gasteiger charge is -2.06. The van der Waals surface area contributed by atoms with Gasteiger partial charge in [0.1, 0.15) is 12.3 Å². The number of nitrogen functional groups attached to an aromatic ring is 1. The van der Waals surface area contributed by atoms with Gasteiger partial charge in [-0.25, -0.2) is 4.98 Å². The van der Waals surface area contributed by atoms with E-state index in [0.29, 0.717) is 11.6 Å². The first-order chi connectivity index (χ1) is 6.27. The van der Waals surface area contributed by atoms with Crippen molar-refractivity contribution in [2.75, 3.05) is 5.73 Å². The summed E-state index contributed by atoms with van der Waals surface area (Å²) in [7, 11) is 0. The Kier molecular flexibility index (Phi) is 1.77. The molecule has 2 heterocycles. The molecule has 2 rings (SSSR count). The van der Waals surface area contributed by atoms with Crippen LogP contribution < -0.4 is 5.73 Å². The van der Waals surface area contributed by atoms with Crippen molar-refractivity contribution in [3.8, 4) is 0 Å². The zero-order chi connectivity index (χ0) is 9.26. The minimum Gasteiger partial charge on any atom is -0.447 e. The number of nitrogens with two attached hydrogens (primary N) is 1. The molecule has 68 valence electrons. The van der Waals surface area contributed by atoms with Gasteiger partial charge in [0, 0.05) is 6.20 Å². The third kappa shape index (κ3) is 1.40. The Morgan fingerprint density at radius 1 is 1.62 bits per heavy atom. The van der Waals surface area contributed by atoms with Gasteiger partial charge in [0.25, 0.3) is 0 Å². The van der Waals surface area contributed by atoms with Crippen molar-refractivity contribution in [2.24, 2.45) is 0 Å². The molecule has 0 aliphatic carbocycles. The number of hydrogen-bond donors (Lipinski definition) is 1. The Morgan fingerprint density at radius 2 is 2.46 bits per heavy atom. The summed E-state index contributed by atoms with van der Waals surface area (Å²) in [5.74, 6) is 0.628. The predicted molar refractivity (Wildman–Crippen MR) is 47.0 cm³/mol. The molecule has 0 saturated heterocycles. The fourth-order valence-electron chi connectivity index (χ4n) is 1.12.